The fraction of sp³-hybridized carbons (Fsp3) is 0.217. The fourth-order valence-electron chi connectivity index (χ4n) is 3.58. The minimum atomic E-state index is -4.49. The largest absolute Gasteiger partial charge is 0.417 e. The van der Waals surface area contributed by atoms with Gasteiger partial charge in [0.25, 0.3) is 0 Å². The van der Waals surface area contributed by atoms with Crippen LogP contribution in [-0.4, -0.2) is 24.1 Å². The number of rotatable bonds is 4. The Labute approximate surface area is 178 Å². The Morgan fingerprint density at radius 2 is 1.81 bits per heavy atom. The molecule has 2 heterocycles. The molecule has 0 N–H and O–H groups in total. The van der Waals surface area contributed by atoms with Gasteiger partial charge >= 0.3 is 6.18 Å². The molecule has 0 aliphatic heterocycles. The van der Waals surface area contributed by atoms with Gasteiger partial charge < -0.3 is 0 Å². The smallest absolute Gasteiger partial charge is 0.256 e. The number of hydrogen-bond acceptors (Lipinski definition) is 4. The summed E-state index contributed by atoms with van der Waals surface area (Å²) in [6, 6.07) is 10.3. The Bertz CT molecular complexity index is 1310. The number of alkyl halides is 3. The fourth-order valence-corrected chi connectivity index (χ4v) is 4.68. The standard InChI is InChI=1S/C23H19F3N2O2S/c1-3-31(29,30)21-11-18(15-6-4-5-14(2)7-15)12-28-22(21)17-8-16-9-19(23(24,25)26)13-27-20(16)10-17/h4-7,9-13H,3,8H2,1-2H3. The highest BCUT2D eigenvalue weighted by Crippen LogP contribution is 2.37. The van der Waals surface area contributed by atoms with Crippen LogP contribution in [0.2, 0.25) is 0 Å². The minimum Gasteiger partial charge on any atom is -0.256 e. The van der Waals surface area contributed by atoms with Gasteiger partial charge in [-0.05, 0) is 41.8 Å². The molecule has 0 spiro atoms. The number of sulfone groups is 1. The van der Waals surface area contributed by atoms with Crippen molar-refractivity contribution < 1.29 is 21.6 Å². The maximum Gasteiger partial charge on any atom is 0.417 e. The number of pyridine rings is 2. The molecule has 3 aromatic rings. The highest BCUT2D eigenvalue weighted by molar-refractivity contribution is 7.91. The van der Waals surface area contributed by atoms with Crippen LogP contribution in [0.3, 0.4) is 0 Å². The second kappa shape index (κ2) is 7.60. The first-order chi connectivity index (χ1) is 14.6. The lowest BCUT2D eigenvalue weighted by atomic mass is 10.0. The first kappa shape index (κ1) is 21.2. The molecule has 1 aliphatic rings. The van der Waals surface area contributed by atoms with Gasteiger partial charge in [0, 0.05) is 24.4 Å². The van der Waals surface area contributed by atoms with Crippen LogP contribution in [-0.2, 0) is 22.4 Å². The van der Waals surface area contributed by atoms with E-state index in [2.05, 4.69) is 9.97 Å². The van der Waals surface area contributed by atoms with Gasteiger partial charge in [0.2, 0.25) is 0 Å². The van der Waals surface area contributed by atoms with Gasteiger partial charge in [-0.3, -0.25) is 9.97 Å². The van der Waals surface area contributed by atoms with E-state index in [1.807, 2.05) is 31.2 Å². The van der Waals surface area contributed by atoms with Crippen molar-refractivity contribution in [2.45, 2.75) is 31.3 Å². The van der Waals surface area contributed by atoms with Crippen LogP contribution < -0.4 is 0 Å². The van der Waals surface area contributed by atoms with E-state index < -0.39 is 21.6 Å². The van der Waals surface area contributed by atoms with Gasteiger partial charge in [-0.25, -0.2) is 8.42 Å². The van der Waals surface area contributed by atoms with Crippen LogP contribution >= 0.6 is 0 Å². The van der Waals surface area contributed by atoms with E-state index >= 15 is 0 Å². The van der Waals surface area contributed by atoms with Crippen LogP contribution in [0.5, 0.6) is 0 Å². The van der Waals surface area contributed by atoms with Crippen LogP contribution in [0.1, 0.15) is 35.0 Å². The molecule has 8 heteroatoms. The van der Waals surface area contributed by atoms with Crippen molar-refractivity contribution in [3.05, 3.63) is 76.9 Å². The second-order valence-electron chi connectivity index (χ2n) is 7.46. The highest BCUT2D eigenvalue weighted by Gasteiger charge is 2.33. The predicted octanol–water partition coefficient (Wildman–Crippen LogP) is 5.36. The SMILES string of the molecule is CCS(=O)(=O)c1cc(-c2cccc(C)c2)cnc1C1=Cc2ncc(C(F)(F)F)cc2C1. The number of benzene rings is 1. The summed E-state index contributed by atoms with van der Waals surface area (Å²) in [5, 5.41) is 0. The molecule has 0 fully saturated rings. The molecule has 1 aromatic carbocycles. The Balaban J connectivity index is 1.80. The predicted molar refractivity (Wildman–Crippen MR) is 113 cm³/mol. The lowest BCUT2D eigenvalue weighted by molar-refractivity contribution is -0.137. The molecule has 31 heavy (non-hydrogen) atoms. The second-order valence-corrected chi connectivity index (χ2v) is 9.70. The highest BCUT2D eigenvalue weighted by atomic mass is 32.2. The van der Waals surface area contributed by atoms with Crippen molar-refractivity contribution in [3.8, 4) is 11.1 Å². The first-order valence-electron chi connectivity index (χ1n) is 9.65. The molecular formula is C23H19F3N2O2S. The average Bonchev–Trinajstić information content (AvgIpc) is 3.16. The first-order valence-corrected chi connectivity index (χ1v) is 11.3. The van der Waals surface area contributed by atoms with E-state index in [9.17, 15) is 21.6 Å². The number of allylic oxidation sites excluding steroid dienone is 1. The lowest BCUT2D eigenvalue weighted by Gasteiger charge is -2.12. The van der Waals surface area contributed by atoms with Crippen LogP contribution in [0.25, 0.3) is 22.8 Å². The van der Waals surface area contributed by atoms with E-state index in [1.54, 1.807) is 25.3 Å². The van der Waals surface area contributed by atoms with Crippen LogP contribution in [0.15, 0.2) is 53.7 Å². The molecule has 160 valence electrons. The molecule has 0 bridgehead atoms. The summed E-state index contributed by atoms with van der Waals surface area (Å²) < 4.78 is 64.8. The quantitative estimate of drug-likeness (QED) is 0.544. The zero-order valence-corrected chi connectivity index (χ0v) is 17.7. The number of aromatic nitrogens is 2. The number of halogens is 3. The summed E-state index contributed by atoms with van der Waals surface area (Å²) in [4.78, 5) is 8.43. The zero-order valence-electron chi connectivity index (χ0n) is 16.9. The summed E-state index contributed by atoms with van der Waals surface area (Å²) in [6.07, 6.45) is -0.364. The maximum atomic E-state index is 13.0. The monoisotopic (exact) mass is 444 g/mol. The normalized spacial score (nSPS) is 13.8. The molecule has 0 radical (unpaired) electrons. The number of hydrogen-bond donors (Lipinski definition) is 0. The number of fused-ring (bicyclic) bond motifs is 1. The lowest BCUT2D eigenvalue weighted by Crippen LogP contribution is -2.09. The van der Waals surface area contributed by atoms with E-state index in [1.165, 1.54) is 0 Å². The number of nitrogens with zero attached hydrogens (tertiary/aromatic N) is 2. The topological polar surface area (TPSA) is 59.9 Å². The Morgan fingerprint density at radius 1 is 1.03 bits per heavy atom. The van der Waals surface area contributed by atoms with Gasteiger partial charge in [0.05, 0.1) is 27.6 Å². The van der Waals surface area contributed by atoms with Gasteiger partial charge in [-0.2, -0.15) is 13.2 Å². The van der Waals surface area contributed by atoms with Gasteiger partial charge in [-0.15, -0.1) is 0 Å². The van der Waals surface area contributed by atoms with Crippen molar-refractivity contribution in [2.24, 2.45) is 0 Å². The zero-order chi connectivity index (χ0) is 22.4. The van der Waals surface area contributed by atoms with Crippen molar-refractivity contribution in [1.82, 2.24) is 9.97 Å². The summed E-state index contributed by atoms with van der Waals surface area (Å²) in [5.41, 5.74) is 3.28. The molecule has 1 aliphatic carbocycles. The van der Waals surface area contributed by atoms with Crippen LogP contribution in [0, 0.1) is 6.92 Å². The van der Waals surface area contributed by atoms with E-state index in [0.29, 0.717) is 22.4 Å². The molecule has 0 unspecified atom stereocenters. The summed E-state index contributed by atoms with van der Waals surface area (Å²) in [5.74, 6) is -0.115. The molecule has 0 saturated carbocycles. The maximum absolute atomic E-state index is 13.0. The Kier molecular flexibility index (Phi) is 5.21. The van der Waals surface area contributed by atoms with Crippen molar-refractivity contribution in [2.75, 3.05) is 5.75 Å². The third-order valence-electron chi connectivity index (χ3n) is 5.24. The molecular weight excluding hydrogens is 425 g/mol. The van der Waals surface area contributed by atoms with Gasteiger partial charge in [-0.1, -0.05) is 36.8 Å². The molecule has 4 nitrogen and oxygen atoms in total. The molecule has 4 rings (SSSR count). The van der Waals surface area contributed by atoms with Crippen molar-refractivity contribution in [3.63, 3.8) is 0 Å². The van der Waals surface area contributed by atoms with Crippen LogP contribution in [0.4, 0.5) is 13.2 Å². The van der Waals surface area contributed by atoms with Gasteiger partial charge in [0.1, 0.15) is 0 Å². The van der Waals surface area contributed by atoms with E-state index in [0.717, 1.165) is 23.4 Å². The van der Waals surface area contributed by atoms with E-state index in [4.69, 9.17) is 0 Å². The Hall–Kier alpha value is -3.00. The minimum absolute atomic E-state index is 0.0732. The number of aryl methyl sites for hydroxylation is 1. The summed E-state index contributed by atoms with van der Waals surface area (Å²) in [6.45, 7) is 3.49. The third-order valence-corrected chi connectivity index (χ3v) is 6.99. The third kappa shape index (κ3) is 4.12. The average molecular weight is 444 g/mol. The van der Waals surface area contributed by atoms with E-state index in [-0.39, 0.29) is 22.8 Å². The molecule has 0 saturated heterocycles. The van der Waals surface area contributed by atoms with Crippen molar-refractivity contribution >= 4 is 21.5 Å². The molecule has 0 atom stereocenters. The molecule has 0 amide bonds. The Morgan fingerprint density at radius 3 is 2.48 bits per heavy atom. The van der Waals surface area contributed by atoms with Crippen molar-refractivity contribution in [1.29, 1.82) is 0 Å². The summed E-state index contributed by atoms with van der Waals surface area (Å²) >= 11 is 0. The summed E-state index contributed by atoms with van der Waals surface area (Å²) in [7, 11) is -3.63. The van der Waals surface area contributed by atoms with Gasteiger partial charge in [0.15, 0.2) is 9.84 Å². The molecule has 2 aromatic heterocycles.